The van der Waals surface area contributed by atoms with Gasteiger partial charge in [-0.3, -0.25) is 28.6 Å². The van der Waals surface area contributed by atoms with Gasteiger partial charge in [0.05, 0.1) is 27.3 Å². The minimum Gasteiger partial charge on any atom is -0.292 e. The van der Waals surface area contributed by atoms with E-state index in [1.54, 1.807) is 0 Å². The second-order valence-corrected chi connectivity index (χ2v) is 8.12. The van der Waals surface area contributed by atoms with Crippen LogP contribution in [-0.2, 0) is 28.0 Å². The van der Waals surface area contributed by atoms with Gasteiger partial charge < -0.3 is 0 Å². The summed E-state index contributed by atoms with van der Waals surface area (Å²) >= 11 is 0. The van der Waals surface area contributed by atoms with Crippen LogP contribution in [0.1, 0.15) is 0 Å². The lowest BCUT2D eigenvalue weighted by Crippen LogP contribution is -2.29. The number of benzene rings is 1. The van der Waals surface area contributed by atoms with Gasteiger partial charge in [0.2, 0.25) is 0 Å². The van der Waals surface area contributed by atoms with E-state index in [9.17, 15) is 37.7 Å². The largest absolute Gasteiger partial charge is 0.296 e. The third-order valence-corrected chi connectivity index (χ3v) is 4.96. The molecule has 2 aromatic heterocycles. The molecule has 0 spiro atoms. The first-order valence-electron chi connectivity index (χ1n) is 7.36. The SMILES string of the molecule is CS(=O)(=O)CCn1c(=O)c2cc3c(=O)n(CO[N+](=O)[O-])c(=O)c3cc2c1=O. The van der Waals surface area contributed by atoms with Crippen LogP contribution >= 0.6 is 0 Å². The second-order valence-electron chi connectivity index (χ2n) is 5.86. The van der Waals surface area contributed by atoms with Crippen molar-refractivity contribution in [2.75, 3.05) is 12.0 Å². The predicted octanol–water partition coefficient (Wildman–Crippen LogP) is -1.88. The summed E-state index contributed by atoms with van der Waals surface area (Å²) in [4.78, 5) is 63.6. The molecule has 142 valence electrons. The number of nitrogens with zero attached hydrogens (tertiary/aromatic N) is 3. The van der Waals surface area contributed by atoms with Crippen molar-refractivity contribution in [2.45, 2.75) is 13.3 Å². The van der Waals surface area contributed by atoms with Crippen molar-refractivity contribution in [1.29, 1.82) is 0 Å². The Morgan fingerprint density at radius 3 is 1.70 bits per heavy atom. The van der Waals surface area contributed by atoms with Crippen molar-refractivity contribution >= 4 is 31.4 Å². The van der Waals surface area contributed by atoms with E-state index in [1.807, 2.05) is 0 Å². The lowest BCUT2D eigenvalue weighted by atomic mass is 10.1. The molecule has 3 aromatic rings. The zero-order chi connectivity index (χ0) is 20.1. The summed E-state index contributed by atoms with van der Waals surface area (Å²) in [6, 6.07) is 2.11. The Bertz CT molecular complexity index is 1330. The predicted molar refractivity (Wildman–Crippen MR) is 92.7 cm³/mol. The van der Waals surface area contributed by atoms with E-state index in [-0.39, 0.29) is 28.1 Å². The Balaban J connectivity index is 2.23. The van der Waals surface area contributed by atoms with Crippen LogP contribution in [0, 0.1) is 10.1 Å². The average Bonchev–Trinajstić information content (AvgIpc) is 2.94. The first kappa shape index (κ1) is 18.4. The van der Waals surface area contributed by atoms with Gasteiger partial charge in [0, 0.05) is 12.8 Å². The van der Waals surface area contributed by atoms with Crippen LogP contribution in [0.3, 0.4) is 0 Å². The molecule has 0 radical (unpaired) electrons. The molecule has 0 unspecified atom stereocenters. The second kappa shape index (κ2) is 6.12. The van der Waals surface area contributed by atoms with Gasteiger partial charge >= 0.3 is 0 Å². The summed E-state index contributed by atoms with van der Waals surface area (Å²) in [5.74, 6) is -0.429. The molecule has 0 N–H and O–H groups in total. The molecule has 0 fully saturated rings. The first-order chi connectivity index (χ1) is 12.5. The van der Waals surface area contributed by atoms with Gasteiger partial charge in [0.25, 0.3) is 27.3 Å². The highest BCUT2D eigenvalue weighted by molar-refractivity contribution is 7.90. The van der Waals surface area contributed by atoms with E-state index < -0.39 is 49.6 Å². The van der Waals surface area contributed by atoms with Crippen LogP contribution in [0.25, 0.3) is 21.5 Å². The van der Waals surface area contributed by atoms with Gasteiger partial charge in [-0.2, -0.15) is 0 Å². The van der Waals surface area contributed by atoms with Crippen LogP contribution < -0.4 is 22.2 Å². The fourth-order valence-electron chi connectivity index (χ4n) is 2.76. The maximum atomic E-state index is 12.4. The van der Waals surface area contributed by atoms with E-state index in [4.69, 9.17) is 0 Å². The molecule has 0 saturated carbocycles. The standard InChI is InChI=1S/C14H11N3O9S/c1-27(24,25)3-2-15-11(18)7-4-9-10(5-8(7)12(15)19)14(21)16(13(9)20)6-26-17(22)23/h4-5H,2-3,6H2,1H3. The van der Waals surface area contributed by atoms with Crippen molar-refractivity contribution in [3.05, 3.63) is 63.7 Å². The van der Waals surface area contributed by atoms with Crippen LogP contribution in [0.15, 0.2) is 31.3 Å². The molecule has 0 aliphatic rings. The van der Waals surface area contributed by atoms with Crippen molar-refractivity contribution in [3.63, 3.8) is 0 Å². The molecule has 0 amide bonds. The van der Waals surface area contributed by atoms with Crippen molar-refractivity contribution in [2.24, 2.45) is 0 Å². The fourth-order valence-corrected chi connectivity index (χ4v) is 3.27. The molecule has 13 heteroatoms. The third-order valence-electron chi connectivity index (χ3n) is 4.04. The van der Waals surface area contributed by atoms with Gasteiger partial charge in [-0.1, -0.05) is 0 Å². The van der Waals surface area contributed by atoms with Crippen LogP contribution in [0.2, 0.25) is 0 Å². The highest BCUT2D eigenvalue weighted by Gasteiger charge is 2.20. The molecular formula is C14H11N3O9S. The summed E-state index contributed by atoms with van der Waals surface area (Å²) in [7, 11) is -3.42. The molecule has 3 rings (SSSR count). The van der Waals surface area contributed by atoms with E-state index >= 15 is 0 Å². The van der Waals surface area contributed by atoms with Gasteiger partial charge in [-0.25, -0.2) is 13.0 Å². The summed E-state index contributed by atoms with van der Waals surface area (Å²) in [5.41, 5.74) is -3.40. The molecule has 0 aliphatic carbocycles. The Morgan fingerprint density at radius 1 is 0.926 bits per heavy atom. The number of hydrogen-bond acceptors (Lipinski definition) is 9. The van der Waals surface area contributed by atoms with Crippen LogP contribution in [0.5, 0.6) is 0 Å². The minimum absolute atomic E-state index is 0.148. The third kappa shape index (κ3) is 3.12. The molecular weight excluding hydrogens is 386 g/mol. The van der Waals surface area contributed by atoms with Crippen LogP contribution in [0.4, 0.5) is 0 Å². The lowest BCUT2D eigenvalue weighted by Gasteiger charge is -1.98. The van der Waals surface area contributed by atoms with Crippen molar-refractivity contribution in [1.82, 2.24) is 9.13 Å². The van der Waals surface area contributed by atoms with E-state index in [0.29, 0.717) is 4.57 Å². The molecule has 2 heterocycles. The van der Waals surface area contributed by atoms with E-state index in [1.165, 1.54) is 0 Å². The Labute approximate surface area is 148 Å². The molecule has 12 nitrogen and oxygen atoms in total. The van der Waals surface area contributed by atoms with E-state index in [0.717, 1.165) is 23.0 Å². The number of fused-ring (bicyclic) bond motifs is 2. The minimum atomic E-state index is -3.42. The summed E-state index contributed by atoms with van der Waals surface area (Å²) in [6.45, 7) is -1.28. The van der Waals surface area contributed by atoms with E-state index in [2.05, 4.69) is 4.84 Å². The number of aromatic nitrogens is 2. The average molecular weight is 397 g/mol. The molecule has 0 aliphatic heterocycles. The van der Waals surface area contributed by atoms with Crippen LogP contribution in [-0.4, -0.2) is 34.6 Å². The van der Waals surface area contributed by atoms with Gasteiger partial charge in [-0.05, 0) is 12.1 Å². The van der Waals surface area contributed by atoms with Gasteiger partial charge in [0.1, 0.15) is 9.84 Å². The maximum Gasteiger partial charge on any atom is 0.296 e. The van der Waals surface area contributed by atoms with Crippen molar-refractivity contribution < 1.29 is 18.3 Å². The summed E-state index contributed by atoms with van der Waals surface area (Å²) in [6.07, 6.45) is 0.957. The summed E-state index contributed by atoms with van der Waals surface area (Å²) in [5, 5.41) is 8.40. The van der Waals surface area contributed by atoms with Gasteiger partial charge in [0.15, 0.2) is 6.73 Å². The van der Waals surface area contributed by atoms with Gasteiger partial charge in [-0.15, -0.1) is 10.1 Å². The smallest absolute Gasteiger partial charge is 0.292 e. The lowest BCUT2D eigenvalue weighted by molar-refractivity contribution is -0.767. The zero-order valence-corrected chi connectivity index (χ0v) is 14.5. The molecule has 27 heavy (non-hydrogen) atoms. The normalized spacial score (nSPS) is 12.0. The quantitative estimate of drug-likeness (QED) is 0.342. The summed E-state index contributed by atoms with van der Waals surface area (Å²) < 4.78 is 23.7. The number of sulfone groups is 1. The molecule has 0 saturated heterocycles. The fraction of sp³-hybridized carbons (Fsp3) is 0.286. The van der Waals surface area contributed by atoms with Crippen molar-refractivity contribution in [3.8, 4) is 0 Å². The Kier molecular flexibility index (Phi) is 4.18. The Hall–Kier alpha value is -3.35. The highest BCUT2D eigenvalue weighted by atomic mass is 32.2. The molecule has 1 aromatic carbocycles. The highest BCUT2D eigenvalue weighted by Crippen LogP contribution is 2.14. The maximum absolute atomic E-state index is 12.4. The monoisotopic (exact) mass is 397 g/mol. The molecule has 0 atom stereocenters. The number of rotatable bonds is 6. The first-order valence-corrected chi connectivity index (χ1v) is 9.43. The number of hydrogen-bond donors (Lipinski definition) is 0. The molecule has 0 bridgehead atoms. The Morgan fingerprint density at radius 2 is 1.33 bits per heavy atom. The topological polar surface area (TPSA) is 165 Å². The zero-order valence-electron chi connectivity index (χ0n) is 13.7.